The number of nitrogens with one attached hydrogen (secondary N) is 1. The highest BCUT2D eigenvalue weighted by molar-refractivity contribution is 7.14. The summed E-state index contributed by atoms with van der Waals surface area (Å²) in [6, 6.07) is 15.8. The lowest BCUT2D eigenvalue weighted by atomic mass is 9.85. The molecule has 0 atom stereocenters. The first-order valence-corrected chi connectivity index (χ1v) is 11.0. The number of halogens is 1. The van der Waals surface area contributed by atoms with Gasteiger partial charge in [-0.1, -0.05) is 6.07 Å². The first-order valence-electron chi connectivity index (χ1n) is 10.1. The van der Waals surface area contributed by atoms with E-state index in [1.807, 2.05) is 56.6 Å². The SMILES string of the molecule is CN1C(=O)C(C)(C)c2cc(-c3csc(Nc4ccc(-c5ccc(F)cc5)nn4)n3)ccc21. The fraction of sp³-hybridized carbons (Fsp3) is 0.167. The van der Waals surface area contributed by atoms with Crippen LogP contribution in [0.5, 0.6) is 0 Å². The number of benzene rings is 2. The molecule has 0 saturated heterocycles. The standard InChI is InChI=1S/C24H20FN5OS/c1-24(2)17-12-15(6-10-20(17)30(3)22(24)31)19-13-32-23(26-19)27-21-11-9-18(28-29-21)14-4-7-16(25)8-5-14/h4-13H,1-3H3,(H,26,27,29). The van der Waals surface area contributed by atoms with Crippen molar-refractivity contribution in [2.75, 3.05) is 17.3 Å². The van der Waals surface area contributed by atoms with Crippen LogP contribution in [0.25, 0.3) is 22.5 Å². The van der Waals surface area contributed by atoms with Crippen LogP contribution < -0.4 is 10.2 Å². The summed E-state index contributed by atoms with van der Waals surface area (Å²) >= 11 is 1.47. The van der Waals surface area contributed by atoms with Crippen molar-refractivity contribution in [2.45, 2.75) is 19.3 Å². The molecule has 0 aliphatic carbocycles. The van der Waals surface area contributed by atoms with E-state index in [0.717, 1.165) is 28.1 Å². The Labute approximate surface area is 188 Å². The number of hydrogen-bond acceptors (Lipinski definition) is 6. The van der Waals surface area contributed by atoms with Crippen LogP contribution in [0.3, 0.4) is 0 Å². The summed E-state index contributed by atoms with van der Waals surface area (Å²) in [4.78, 5) is 18.9. The molecule has 4 aromatic rings. The molecule has 2 aromatic carbocycles. The number of amides is 1. The summed E-state index contributed by atoms with van der Waals surface area (Å²) in [5, 5.41) is 14.3. The molecule has 1 amide bonds. The molecule has 1 N–H and O–H groups in total. The van der Waals surface area contributed by atoms with Crippen LogP contribution in [0.4, 0.5) is 21.0 Å². The van der Waals surface area contributed by atoms with Gasteiger partial charge in [-0.2, -0.15) is 0 Å². The minimum absolute atomic E-state index is 0.0907. The van der Waals surface area contributed by atoms with Gasteiger partial charge in [0.15, 0.2) is 10.9 Å². The van der Waals surface area contributed by atoms with Crippen LogP contribution in [0.15, 0.2) is 60.0 Å². The van der Waals surface area contributed by atoms with Crippen LogP contribution in [0.2, 0.25) is 0 Å². The van der Waals surface area contributed by atoms with Crippen molar-refractivity contribution in [2.24, 2.45) is 0 Å². The van der Waals surface area contributed by atoms with Crippen LogP contribution in [0.1, 0.15) is 19.4 Å². The van der Waals surface area contributed by atoms with E-state index < -0.39 is 5.41 Å². The Kier molecular flexibility index (Phi) is 4.74. The van der Waals surface area contributed by atoms with Crippen molar-refractivity contribution in [1.82, 2.24) is 15.2 Å². The third kappa shape index (κ3) is 3.42. The summed E-state index contributed by atoms with van der Waals surface area (Å²) in [7, 11) is 1.81. The summed E-state index contributed by atoms with van der Waals surface area (Å²) in [5.41, 5.74) is 4.64. The smallest absolute Gasteiger partial charge is 0.236 e. The summed E-state index contributed by atoms with van der Waals surface area (Å²) in [6.07, 6.45) is 0. The minimum Gasteiger partial charge on any atom is -0.315 e. The van der Waals surface area contributed by atoms with E-state index >= 15 is 0 Å². The molecule has 0 saturated carbocycles. The molecule has 1 aliphatic rings. The van der Waals surface area contributed by atoms with Crippen LogP contribution >= 0.6 is 11.3 Å². The van der Waals surface area contributed by atoms with Gasteiger partial charge in [-0.15, -0.1) is 21.5 Å². The van der Waals surface area contributed by atoms with Crippen molar-refractivity contribution in [3.8, 4) is 22.5 Å². The quantitative estimate of drug-likeness (QED) is 0.455. The number of likely N-dealkylation sites (N-methyl/N-ethyl adjacent to an activating group) is 1. The first-order chi connectivity index (χ1) is 15.3. The Morgan fingerprint density at radius 3 is 2.44 bits per heavy atom. The highest BCUT2D eigenvalue weighted by atomic mass is 32.1. The number of hydrogen-bond donors (Lipinski definition) is 1. The number of aromatic nitrogens is 3. The Bertz CT molecular complexity index is 1320. The average molecular weight is 446 g/mol. The Balaban J connectivity index is 1.35. The molecule has 0 bridgehead atoms. The van der Waals surface area contributed by atoms with Crippen molar-refractivity contribution < 1.29 is 9.18 Å². The van der Waals surface area contributed by atoms with Crippen molar-refractivity contribution in [1.29, 1.82) is 0 Å². The highest BCUT2D eigenvalue weighted by Gasteiger charge is 2.42. The molecule has 3 heterocycles. The zero-order chi connectivity index (χ0) is 22.5. The van der Waals surface area contributed by atoms with Crippen LogP contribution in [-0.4, -0.2) is 28.1 Å². The average Bonchev–Trinajstić information content (AvgIpc) is 3.33. The number of anilines is 3. The maximum atomic E-state index is 13.1. The van der Waals surface area contributed by atoms with Gasteiger partial charge >= 0.3 is 0 Å². The number of carbonyl (C=O) groups excluding carboxylic acids is 1. The van der Waals surface area contributed by atoms with E-state index in [-0.39, 0.29) is 11.7 Å². The maximum absolute atomic E-state index is 13.1. The van der Waals surface area contributed by atoms with Crippen molar-refractivity contribution in [3.63, 3.8) is 0 Å². The number of thiazole rings is 1. The van der Waals surface area contributed by atoms with Gasteiger partial charge in [0.1, 0.15) is 5.82 Å². The molecule has 0 unspecified atom stereocenters. The predicted octanol–water partition coefficient (Wildman–Crippen LogP) is 5.40. The Morgan fingerprint density at radius 2 is 1.72 bits per heavy atom. The number of rotatable bonds is 4. The molecular weight excluding hydrogens is 425 g/mol. The van der Waals surface area contributed by atoms with E-state index in [0.29, 0.717) is 16.6 Å². The zero-order valence-electron chi connectivity index (χ0n) is 17.8. The summed E-state index contributed by atoms with van der Waals surface area (Å²) in [6.45, 7) is 3.90. The molecule has 0 radical (unpaired) electrons. The van der Waals surface area contributed by atoms with Gasteiger partial charge in [0.2, 0.25) is 5.91 Å². The summed E-state index contributed by atoms with van der Waals surface area (Å²) in [5.74, 6) is 0.372. The second-order valence-electron chi connectivity index (χ2n) is 8.19. The third-order valence-corrected chi connectivity index (χ3v) is 6.47. The largest absolute Gasteiger partial charge is 0.315 e. The van der Waals surface area contributed by atoms with E-state index in [4.69, 9.17) is 0 Å². The highest BCUT2D eigenvalue weighted by Crippen LogP contribution is 2.42. The summed E-state index contributed by atoms with van der Waals surface area (Å²) < 4.78 is 13.1. The van der Waals surface area contributed by atoms with Gasteiger partial charge in [0, 0.05) is 29.2 Å². The molecule has 32 heavy (non-hydrogen) atoms. The van der Waals surface area contributed by atoms with Gasteiger partial charge in [0.05, 0.1) is 16.8 Å². The molecule has 0 spiro atoms. The number of carbonyl (C=O) groups is 1. The van der Waals surface area contributed by atoms with Crippen molar-refractivity contribution >= 4 is 33.9 Å². The molecule has 8 heteroatoms. The molecule has 5 rings (SSSR count). The Morgan fingerprint density at radius 1 is 0.969 bits per heavy atom. The van der Waals surface area contributed by atoms with E-state index in [2.05, 4.69) is 20.5 Å². The molecule has 2 aromatic heterocycles. The molecule has 6 nitrogen and oxygen atoms in total. The van der Waals surface area contributed by atoms with Crippen LogP contribution in [-0.2, 0) is 10.2 Å². The van der Waals surface area contributed by atoms with Gasteiger partial charge in [-0.25, -0.2) is 9.37 Å². The zero-order valence-corrected chi connectivity index (χ0v) is 18.6. The van der Waals surface area contributed by atoms with E-state index in [1.54, 1.807) is 17.0 Å². The lowest BCUT2D eigenvalue weighted by Gasteiger charge is -2.16. The molecule has 160 valence electrons. The van der Waals surface area contributed by atoms with Gasteiger partial charge in [-0.05, 0) is 67.9 Å². The minimum atomic E-state index is -0.556. The normalized spacial score (nSPS) is 14.5. The topological polar surface area (TPSA) is 71.0 Å². The van der Waals surface area contributed by atoms with E-state index in [1.165, 1.54) is 23.5 Å². The molecule has 1 aliphatic heterocycles. The number of fused-ring (bicyclic) bond motifs is 1. The van der Waals surface area contributed by atoms with Gasteiger partial charge in [0.25, 0.3) is 0 Å². The molecule has 0 fully saturated rings. The predicted molar refractivity (Wildman–Crippen MR) is 125 cm³/mol. The van der Waals surface area contributed by atoms with E-state index in [9.17, 15) is 9.18 Å². The second-order valence-corrected chi connectivity index (χ2v) is 9.05. The first kappa shape index (κ1) is 20.3. The fourth-order valence-electron chi connectivity index (χ4n) is 3.88. The third-order valence-electron chi connectivity index (χ3n) is 5.71. The molecular formula is C24H20FN5OS. The monoisotopic (exact) mass is 445 g/mol. The maximum Gasteiger partial charge on any atom is 0.236 e. The lowest BCUT2D eigenvalue weighted by molar-refractivity contribution is -0.121. The van der Waals surface area contributed by atoms with Crippen LogP contribution in [0, 0.1) is 5.82 Å². The Hall–Kier alpha value is -3.65. The second kappa shape index (κ2) is 7.49. The van der Waals surface area contributed by atoms with Gasteiger partial charge in [-0.3, -0.25) is 4.79 Å². The number of nitrogens with zero attached hydrogens (tertiary/aromatic N) is 4. The van der Waals surface area contributed by atoms with Gasteiger partial charge < -0.3 is 10.2 Å². The lowest BCUT2D eigenvalue weighted by Crippen LogP contribution is -2.33. The van der Waals surface area contributed by atoms with Crippen molar-refractivity contribution in [3.05, 3.63) is 71.4 Å². The fourth-order valence-corrected chi connectivity index (χ4v) is 4.61.